The molecule has 2 nitrogen and oxygen atoms in total. The third-order valence-electron chi connectivity index (χ3n) is 2.61. The molecule has 0 aliphatic rings. The maximum Gasteiger partial charge on any atom is 0.155 e. The second-order valence-electron chi connectivity index (χ2n) is 3.71. The van der Waals surface area contributed by atoms with Gasteiger partial charge in [-0.1, -0.05) is 37.0 Å². The highest BCUT2D eigenvalue weighted by Gasteiger charge is 2.10. The van der Waals surface area contributed by atoms with Crippen molar-refractivity contribution in [1.29, 1.82) is 0 Å². The van der Waals surface area contributed by atoms with E-state index < -0.39 is 0 Å². The van der Waals surface area contributed by atoms with Crippen LogP contribution in [0.15, 0.2) is 18.5 Å². The van der Waals surface area contributed by atoms with Crippen LogP contribution in [0.25, 0.3) is 5.65 Å². The number of nitrogens with zero attached hydrogens (tertiary/aromatic N) is 2. The molecule has 0 aliphatic carbocycles. The molecule has 0 radical (unpaired) electrons. The number of imidazole rings is 1. The smallest absolute Gasteiger partial charge is 0.155 e. The van der Waals surface area contributed by atoms with Crippen LogP contribution < -0.4 is 0 Å². The molecule has 0 aromatic carbocycles. The van der Waals surface area contributed by atoms with Crippen LogP contribution in [-0.4, -0.2) is 9.38 Å². The van der Waals surface area contributed by atoms with Gasteiger partial charge in [0, 0.05) is 12.4 Å². The summed E-state index contributed by atoms with van der Waals surface area (Å²) in [4.78, 5) is 4.50. The van der Waals surface area contributed by atoms with Crippen LogP contribution in [0.4, 0.5) is 0 Å². The molecule has 0 bridgehead atoms. The van der Waals surface area contributed by atoms with E-state index in [4.69, 9.17) is 23.2 Å². The Kier molecular flexibility index (Phi) is 2.89. The number of aromatic nitrogens is 2. The molecule has 4 heteroatoms. The summed E-state index contributed by atoms with van der Waals surface area (Å²) in [5.41, 5.74) is 1.83. The molecule has 1 atom stereocenters. The Morgan fingerprint density at radius 1 is 1.40 bits per heavy atom. The molecule has 2 heterocycles. The molecule has 2 aromatic heterocycles. The van der Waals surface area contributed by atoms with Crippen LogP contribution in [0.3, 0.4) is 0 Å². The van der Waals surface area contributed by atoms with Gasteiger partial charge in [-0.05, 0) is 18.4 Å². The Morgan fingerprint density at radius 2 is 2.13 bits per heavy atom. The predicted octanol–water partition coefficient (Wildman–Crippen LogP) is 4.15. The molecule has 1 unspecified atom stereocenters. The van der Waals surface area contributed by atoms with E-state index in [1.54, 1.807) is 6.07 Å². The minimum atomic E-state index is 0.444. The van der Waals surface area contributed by atoms with E-state index >= 15 is 0 Å². The lowest BCUT2D eigenvalue weighted by Crippen LogP contribution is -1.89. The van der Waals surface area contributed by atoms with Gasteiger partial charge >= 0.3 is 0 Å². The molecule has 15 heavy (non-hydrogen) atoms. The second-order valence-corrected chi connectivity index (χ2v) is 4.56. The van der Waals surface area contributed by atoms with Gasteiger partial charge in [0.25, 0.3) is 0 Å². The van der Waals surface area contributed by atoms with E-state index in [9.17, 15) is 0 Å². The highest BCUT2D eigenvalue weighted by Crippen LogP contribution is 2.25. The predicted molar refractivity (Wildman–Crippen MR) is 63.9 cm³/mol. The van der Waals surface area contributed by atoms with Crippen LogP contribution in [0.5, 0.6) is 0 Å². The Balaban J connectivity index is 2.60. The quantitative estimate of drug-likeness (QED) is 0.774. The van der Waals surface area contributed by atoms with Gasteiger partial charge in [-0.2, -0.15) is 0 Å². The zero-order valence-electron chi connectivity index (χ0n) is 8.67. The first-order valence-corrected chi connectivity index (χ1v) is 5.71. The Morgan fingerprint density at radius 3 is 2.80 bits per heavy atom. The van der Waals surface area contributed by atoms with E-state index in [0.29, 0.717) is 16.0 Å². The average Bonchev–Trinajstić information content (AvgIpc) is 2.60. The molecule has 0 saturated carbocycles. The molecule has 80 valence electrons. The van der Waals surface area contributed by atoms with E-state index in [2.05, 4.69) is 18.8 Å². The normalized spacial score (nSPS) is 13.3. The summed E-state index contributed by atoms with van der Waals surface area (Å²) in [7, 11) is 0. The van der Waals surface area contributed by atoms with Crippen molar-refractivity contribution in [1.82, 2.24) is 9.38 Å². The van der Waals surface area contributed by atoms with Crippen molar-refractivity contribution in [2.24, 2.45) is 0 Å². The number of hydrogen-bond acceptors (Lipinski definition) is 1. The second kappa shape index (κ2) is 4.03. The molecule has 0 N–H and O–H groups in total. The van der Waals surface area contributed by atoms with Crippen molar-refractivity contribution >= 4 is 28.8 Å². The molecule has 0 fully saturated rings. The van der Waals surface area contributed by atoms with Crippen molar-refractivity contribution in [3.8, 4) is 0 Å². The van der Waals surface area contributed by atoms with Crippen molar-refractivity contribution < 1.29 is 0 Å². The summed E-state index contributed by atoms with van der Waals surface area (Å²) in [6.45, 7) is 4.29. The first-order chi connectivity index (χ1) is 7.11. The zero-order valence-corrected chi connectivity index (χ0v) is 10.2. The highest BCUT2D eigenvalue weighted by molar-refractivity contribution is 6.36. The number of hydrogen-bond donors (Lipinski definition) is 0. The van der Waals surface area contributed by atoms with E-state index in [1.165, 1.54) is 0 Å². The first kappa shape index (κ1) is 10.8. The SMILES string of the molecule is CCC(C)c1cn2cc(Cl)cc(Cl)c2n1. The van der Waals surface area contributed by atoms with Crippen LogP contribution in [0.1, 0.15) is 31.9 Å². The van der Waals surface area contributed by atoms with Gasteiger partial charge in [0.05, 0.1) is 15.7 Å². The molecular formula is C11H12Cl2N2. The van der Waals surface area contributed by atoms with Crippen LogP contribution >= 0.6 is 23.2 Å². The number of pyridine rings is 1. The lowest BCUT2D eigenvalue weighted by atomic mass is 10.1. The van der Waals surface area contributed by atoms with Crippen molar-refractivity contribution in [3.05, 3.63) is 34.2 Å². The fourth-order valence-corrected chi connectivity index (χ4v) is 2.02. The summed E-state index contributed by atoms with van der Waals surface area (Å²) in [5, 5.41) is 1.22. The molecule has 2 aromatic rings. The van der Waals surface area contributed by atoms with Gasteiger partial charge in [0.2, 0.25) is 0 Å². The Hall–Kier alpha value is -0.730. The summed E-state index contributed by atoms with van der Waals surface area (Å²) in [6.07, 6.45) is 4.87. The molecule has 0 saturated heterocycles. The van der Waals surface area contributed by atoms with Gasteiger partial charge in [-0.25, -0.2) is 4.98 Å². The van der Waals surface area contributed by atoms with E-state index in [0.717, 1.165) is 17.8 Å². The largest absolute Gasteiger partial charge is 0.304 e. The third kappa shape index (κ3) is 1.97. The van der Waals surface area contributed by atoms with Gasteiger partial charge in [-0.3, -0.25) is 0 Å². The van der Waals surface area contributed by atoms with Crippen molar-refractivity contribution in [2.45, 2.75) is 26.2 Å². The van der Waals surface area contributed by atoms with E-state index in [-0.39, 0.29) is 0 Å². The summed E-state index contributed by atoms with van der Waals surface area (Å²) < 4.78 is 1.88. The first-order valence-electron chi connectivity index (χ1n) is 4.95. The third-order valence-corrected chi connectivity index (χ3v) is 3.09. The highest BCUT2D eigenvalue weighted by atomic mass is 35.5. The van der Waals surface area contributed by atoms with Crippen molar-refractivity contribution in [3.63, 3.8) is 0 Å². The van der Waals surface area contributed by atoms with Gasteiger partial charge in [0.1, 0.15) is 0 Å². The van der Waals surface area contributed by atoms with Crippen molar-refractivity contribution in [2.75, 3.05) is 0 Å². The lowest BCUT2D eigenvalue weighted by Gasteiger charge is -2.01. The monoisotopic (exact) mass is 242 g/mol. The van der Waals surface area contributed by atoms with Crippen LogP contribution in [0.2, 0.25) is 10.0 Å². The number of halogens is 2. The van der Waals surface area contributed by atoms with Crippen LogP contribution in [-0.2, 0) is 0 Å². The fourth-order valence-electron chi connectivity index (χ4n) is 1.49. The number of fused-ring (bicyclic) bond motifs is 1. The maximum absolute atomic E-state index is 6.06. The fraction of sp³-hybridized carbons (Fsp3) is 0.364. The Bertz CT molecular complexity index is 491. The average molecular weight is 243 g/mol. The topological polar surface area (TPSA) is 17.3 Å². The molecule has 0 aliphatic heterocycles. The standard InChI is InChI=1S/C11H12Cl2N2/c1-3-7(2)10-6-15-5-8(12)4-9(13)11(15)14-10/h4-7H,3H2,1-2H3. The van der Waals surface area contributed by atoms with Crippen LogP contribution in [0, 0.1) is 0 Å². The maximum atomic E-state index is 6.06. The molecular weight excluding hydrogens is 231 g/mol. The minimum absolute atomic E-state index is 0.444. The summed E-state index contributed by atoms with van der Waals surface area (Å²) >= 11 is 12.0. The minimum Gasteiger partial charge on any atom is -0.304 e. The van der Waals surface area contributed by atoms with Gasteiger partial charge in [0.15, 0.2) is 5.65 Å². The van der Waals surface area contributed by atoms with Gasteiger partial charge < -0.3 is 4.40 Å². The number of rotatable bonds is 2. The lowest BCUT2D eigenvalue weighted by molar-refractivity contribution is 0.714. The molecule has 0 amide bonds. The Labute approximate surface area is 98.8 Å². The molecule has 2 rings (SSSR count). The summed E-state index contributed by atoms with van der Waals surface area (Å²) in [6, 6.07) is 1.71. The van der Waals surface area contributed by atoms with Gasteiger partial charge in [-0.15, -0.1) is 0 Å². The zero-order chi connectivity index (χ0) is 11.0. The molecule has 0 spiro atoms. The van der Waals surface area contributed by atoms with E-state index in [1.807, 2.05) is 16.8 Å². The summed E-state index contributed by atoms with van der Waals surface area (Å²) in [5.74, 6) is 0.444.